The van der Waals surface area contributed by atoms with Gasteiger partial charge in [-0.1, -0.05) is 0 Å². The summed E-state index contributed by atoms with van der Waals surface area (Å²) in [5.74, 6) is -0.387. The second kappa shape index (κ2) is 4.00. The Morgan fingerprint density at radius 3 is 3.20 bits per heavy atom. The molecule has 5 nitrogen and oxygen atoms in total. The van der Waals surface area contributed by atoms with Crippen molar-refractivity contribution in [3.63, 3.8) is 0 Å². The van der Waals surface area contributed by atoms with Crippen molar-refractivity contribution >= 4 is 5.97 Å². The van der Waals surface area contributed by atoms with Gasteiger partial charge in [0, 0.05) is 5.56 Å². The van der Waals surface area contributed by atoms with Crippen LogP contribution < -0.4 is 0 Å². The Morgan fingerprint density at radius 1 is 1.67 bits per heavy atom. The summed E-state index contributed by atoms with van der Waals surface area (Å²) in [6.45, 7) is 2.10. The summed E-state index contributed by atoms with van der Waals surface area (Å²) >= 11 is 0. The third kappa shape index (κ3) is 1.76. The number of rotatable bonds is 3. The number of aromatic amines is 1. The summed E-state index contributed by atoms with van der Waals surface area (Å²) in [6.07, 6.45) is 4.52. The number of aromatic nitrogens is 2. The first-order chi connectivity index (χ1) is 7.33. The van der Waals surface area contributed by atoms with Crippen molar-refractivity contribution < 1.29 is 13.9 Å². The predicted octanol–water partition coefficient (Wildman–Crippen LogP) is 1.85. The lowest BCUT2D eigenvalue weighted by Gasteiger charge is -2.00. The molecular weight excluding hydrogens is 196 g/mol. The smallest absolute Gasteiger partial charge is 0.341 e. The fraction of sp³-hybridized carbons (Fsp3) is 0.200. The highest BCUT2D eigenvalue weighted by atomic mass is 16.5. The van der Waals surface area contributed by atoms with Crippen LogP contribution in [0.1, 0.15) is 17.3 Å². The van der Waals surface area contributed by atoms with E-state index in [4.69, 9.17) is 9.15 Å². The minimum atomic E-state index is -0.387. The lowest BCUT2D eigenvalue weighted by atomic mass is 10.1. The zero-order valence-corrected chi connectivity index (χ0v) is 8.19. The molecule has 2 aromatic rings. The van der Waals surface area contributed by atoms with Gasteiger partial charge in [-0.05, 0) is 13.0 Å². The molecule has 15 heavy (non-hydrogen) atoms. The standard InChI is InChI=1S/C10H10N2O3/c1-2-15-10(13)8-5-11-12-9(8)7-3-4-14-6-7/h3-6H,2H2,1H3,(H,11,12). The lowest BCUT2D eigenvalue weighted by Crippen LogP contribution is -2.04. The Kier molecular flexibility index (Phi) is 2.53. The number of carbonyl (C=O) groups excluding carboxylic acids is 1. The quantitative estimate of drug-likeness (QED) is 0.778. The first-order valence-electron chi connectivity index (χ1n) is 4.56. The van der Waals surface area contributed by atoms with Gasteiger partial charge in [0.25, 0.3) is 0 Å². The number of hydrogen-bond donors (Lipinski definition) is 1. The number of carbonyl (C=O) groups is 1. The predicted molar refractivity (Wildman–Crippen MR) is 52.2 cm³/mol. The van der Waals surface area contributed by atoms with E-state index >= 15 is 0 Å². The van der Waals surface area contributed by atoms with E-state index in [9.17, 15) is 4.79 Å². The molecule has 0 aliphatic rings. The molecule has 0 fully saturated rings. The molecule has 2 heterocycles. The Labute approximate surface area is 86.0 Å². The van der Waals surface area contributed by atoms with Crippen molar-refractivity contribution in [1.29, 1.82) is 0 Å². The monoisotopic (exact) mass is 206 g/mol. The van der Waals surface area contributed by atoms with Gasteiger partial charge >= 0.3 is 5.97 Å². The number of esters is 1. The van der Waals surface area contributed by atoms with E-state index in [2.05, 4.69) is 10.2 Å². The fourth-order valence-electron chi connectivity index (χ4n) is 1.28. The molecule has 1 N–H and O–H groups in total. The largest absolute Gasteiger partial charge is 0.472 e. The third-order valence-electron chi connectivity index (χ3n) is 1.94. The van der Waals surface area contributed by atoms with Crippen LogP contribution in [0.25, 0.3) is 11.3 Å². The molecule has 0 aromatic carbocycles. The molecule has 0 radical (unpaired) electrons. The SMILES string of the molecule is CCOC(=O)c1cn[nH]c1-c1ccoc1. The Balaban J connectivity index is 2.34. The highest BCUT2D eigenvalue weighted by Crippen LogP contribution is 2.21. The molecule has 78 valence electrons. The molecule has 0 amide bonds. The number of nitrogens with zero attached hydrogens (tertiary/aromatic N) is 1. The van der Waals surface area contributed by atoms with Gasteiger partial charge in [0.2, 0.25) is 0 Å². The summed E-state index contributed by atoms with van der Waals surface area (Å²) < 4.78 is 9.83. The molecule has 0 spiro atoms. The van der Waals surface area contributed by atoms with Crippen LogP contribution in [-0.2, 0) is 4.74 Å². The van der Waals surface area contributed by atoms with Gasteiger partial charge in [-0.2, -0.15) is 5.10 Å². The summed E-state index contributed by atoms with van der Waals surface area (Å²) in [5, 5.41) is 6.55. The first kappa shape index (κ1) is 9.51. The van der Waals surface area contributed by atoms with Crippen LogP contribution >= 0.6 is 0 Å². The molecule has 0 saturated carbocycles. The summed E-state index contributed by atoms with van der Waals surface area (Å²) in [4.78, 5) is 11.5. The number of hydrogen-bond acceptors (Lipinski definition) is 4. The van der Waals surface area contributed by atoms with Gasteiger partial charge in [0.15, 0.2) is 0 Å². The van der Waals surface area contributed by atoms with Gasteiger partial charge in [0.05, 0.1) is 31.0 Å². The zero-order chi connectivity index (χ0) is 10.7. The Bertz CT molecular complexity index is 445. The normalized spacial score (nSPS) is 10.2. The number of nitrogens with one attached hydrogen (secondary N) is 1. The zero-order valence-electron chi connectivity index (χ0n) is 8.19. The number of H-pyrrole nitrogens is 1. The second-order valence-electron chi connectivity index (χ2n) is 2.89. The first-order valence-corrected chi connectivity index (χ1v) is 4.56. The summed E-state index contributed by atoms with van der Waals surface area (Å²) in [5.41, 5.74) is 1.80. The number of furan rings is 1. The molecule has 0 aliphatic carbocycles. The van der Waals surface area contributed by atoms with E-state index in [0.29, 0.717) is 17.9 Å². The average molecular weight is 206 g/mol. The molecule has 5 heteroatoms. The maximum Gasteiger partial charge on any atom is 0.341 e. The van der Waals surface area contributed by atoms with Crippen LogP contribution in [0, 0.1) is 0 Å². The molecule has 0 saturated heterocycles. The topological polar surface area (TPSA) is 68.1 Å². The van der Waals surface area contributed by atoms with Crippen LogP contribution in [0.15, 0.2) is 29.2 Å². The molecular formula is C10H10N2O3. The van der Waals surface area contributed by atoms with Crippen molar-refractivity contribution in [3.05, 3.63) is 30.4 Å². The second-order valence-corrected chi connectivity index (χ2v) is 2.89. The van der Waals surface area contributed by atoms with E-state index in [1.54, 1.807) is 13.0 Å². The minimum absolute atomic E-state index is 0.342. The van der Waals surface area contributed by atoms with Crippen LogP contribution in [0.3, 0.4) is 0 Å². The van der Waals surface area contributed by atoms with E-state index in [1.807, 2.05) is 0 Å². The lowest BCUT2D eigenvalue weighted by molar-refractivity contribution is 0.0527. The van der Waals surface area contributed by atoms with Crippen LogP contribution in [0.2, 0.25) is 0 Å². The van der Waals surface area contributed by atoms with Gasteiger partial charge in [0.1, 0.15) is 5.56 Å². The minimum Gasteiger partial charge on any atom is -0.472 e. The highest BCUT2D eigenvalue weighted by molar-refractivity contribution is 5.95. The molecule has 0 atom stereocenters. The van der Waals surface area contributed by atoms with Crippen LogP contribution in [-0.4, -0.2) is 22.8 Å². The van der Waals surface area contributed by atoms with E-state index < -0.39 is 0 Å². The van der Waals surface area contributed by atoms with Crippen molar-refractivity contribution in [1.82, 2.24) is 10.2 Å². The van der Waals surface area contributed by atoms with Crippen molar-refractivity contribution in [3.8, 4) is 11.3 Å². The van der Waals surface area contributed by atoms with Crippen molar-refractivity contribution in [2.75, 3.05) is 6.61 Å². The van der Waals surface area contributed by atoms with Crippen molar-refractivity contribution in [2.24, 2.45) is 0 Å². The van der Waals surface area contributed by atoms with E-state index in [1.165, 1.54) is 18.7 Å². The Hall–Kier alpha value is -2.04. The van der Waals surface area contributed by atoms with Gasteiger partial charge in [-0.25, -0.2) is 4.79 Å². The summed E-state index contributed by atoms with van der Waals surface area (Å²) in [6, 6.07) is 1.75. The average Bonchev–Trinajstić information content (AvgIpc) is 2.88. The van der Waals surface area contributed by atoms with Gasteiger partial charge in [-0.15, -0.1) is 0 Å². The van der Waals surface area contributed by atoms with Crippen LogP contribution in [0.5, 0.6) is 0 Å². The summed E-state index contributed by atoms with van der Waals surface area (Å²) in [7, 11) is 0. The fourth-order valence-corrected chi connectivity index (χ4v) is 1.28. The maximum absolute atomic E-state index is 11.5. The molecule has 0 bridgehead atoms. The highest BCUT2D eigenvalue weighted by Gasteiger charge is 2.16. The van der Waals surface area contributed by atoms with E-state index in [0.717, 1.165) is 5.56 Å². The molecule has 0 aliphatic heterocycles. The third-order valence-corrected chi connectivity index (χ3v) is 1.94. The van der Waals surface area contributed by atoms with Crippen LogP contribution in [0.4, 0.5) is 0 Å². The van der Waals surface area contributed by atoms with Crippen molar-refractivity contribution in [2.45, 2.75) is 6.92 Å². The van der Waals surface area contributed by atoms with Gasteiger partial charge < -0.3 is 9.15 Å². The van der Waals surface area contributed by atoms with Gasteiger partial charge in [-0.3, -0.25) is 5.10 Å². The maximum atomic E-state index is 11.5. The number of ether oxygens (including phenoxy) is 1. The Morgan fingerprint density at radius 2 is 2.53 bits per heavy atom. The van der Waals surface area contributed by atoms with E-state index in [-0.39, 0.29) is 5.97 Å². The molecule has 2 rings (SSSR count). The molecule has 2 aromatic heterocycles. The molecule has 0 unspecified atom stereocenters.